The standard InChI is InChI=1S/C16H22N2O4/c1-11-9-12(22-10-14(19)21-2)5-6-13(11)18-15(20)16(17)7-3-4-8-16/h5-6,9H,3-4,7-8,10,17H2,1-2H3,(H,18,20). The first kappa shape index (κ1) is 16.3. The molecule has 3 N–H and O–H groups in total. The second kappa shape index (κ2) is 6.79. The molecule has 120 valence electrons. The Labute approximate surface area is 130 Å². The molecule has 0 bridgehead atoms. The molecule has 0 aromatic heterocycles. The number of nitrogens with one attached hydrogen (secondary N) is 1. The van der Waals surface area contributed by atoms with Crippen molar-refractivity contribution in [3.05, 3.63) is 23.8 Å². The van der Waals surface area contributed by atoms with Crippen LogP contribution in [0.15, 0.2) is 18.2 Å². The molecule has 0 aliphatic heterocycles. The third-order valence-corrected chi connectivity index (χ3v) is 3.98. The summed E-state index contributed by atoms with van der Waals surface area (Å²) in [4.78, 5) is 23.3. The zero-order valence-electron chi connectivity index (χ0n) is 13.0. The van der Waals surface area contributed by atoms with Gasteiger partial charge in [-0.3, -0.25) is 4.79 Å². The van der Waals surface area contributed by atoms with Crippen LogP contribution in [0.3, 0.4) is 0 Å². The number of carbonyl (C=O) groups excluding carboxylic acids is 2. The fourth-order valence-corrected chi connectivity index (χ4v) is 2.55. The summed E-state index contributed by atoms with van der Waals surface area (Å²) in [6, 6.07) is 5.21. The molecule has 0 radical (unpaired) electrons. The molecule has 1 aromatic carbocycles. The third-order valence-electron chi connectivity index (χ3n) is 3.98. The van der Waals surface area contributed by atoms with E-state index in [1.54, 1.807) is 18.2 Å². The van der Waals surface area contributed by atoms with Gasteiger partial charge < -0.3 is 20.5 Å². The normalized spacial score (nSPS) is 16.1. The molecule has 1 aliphatic rings. The fraction of sp³-hybridized carbons (Fsp3) is 0.500. The zero-order chi connectivity index (χ0) is 16.2. The molecule has 1 aliphatic carbocycles. The second-order valence-corrected chi connectivity index (χ2v) is 5.66. The highest BCUT2D eigenvalue weighted by Crippen LogP contribution is 2.29. The fourth-order valence-electron chi connectivity index (χ4n) is 2.55. The summed E-state index contributed by atoms with van der Waals surface area (Å²) in [5, 5.41) is 2.88. The van der Waals surface area contributed by atoms with Crippen LogP contribution in [-0.4, -0.2) is 31.1 Å². The number of amides is 1. The molecular weight excluding hydrogens is 284 g/mol. The number of hydrogen-bond donors (Lipinski definition) is 2. The maximum atomic E-state index is 12.3. The van der Waals surface area contributed by atoms with E-state index in [4.69, 9.17) is 10.5 Å². The predicted octanol–water partition coefficient (Wildman–Crippen LogP) is 1.76. The van der Waals surface area contributed by atoms with E-state index in [2.05, 4.69) is 10.1 Å². The number of carbonyl (C=O) groups is 2. The number of rotatable bonds is 5. The molecular formula is C16H22N2O4. The zero-order valence-corrected chi connectivity index (χ0v) is 13.0. The van der Waals surface area contributed by atoms with Gasteiger partial charge in [-0.2, -0.15) is 0 Å². The van der Waals surface area contributed by atoms with E-state index in [0.717, 1.165) is 31.2 Å². The maximum absolute atomic E-state index is 12.3. The summed E-state index contributed by atoms with van der Waals surface area (Å²) in [7, 11) is 1.31. The average Bonchev–Trinajstić information content (AvgIpc) is 2.95. The smallest absolute Gasteiger partial charge is 0.343 e. The molecule has 0 saturated heterocycles. The van der Waals surface area contributed by atoms with Gasteiger partial charge in [-0.15, -0.1) is 0 Å². The summed E-state index contributed by atoms with van der Waals surface area (Å²) in [6.07, 6.45) is 3.42. The lowest BCUT2D eigenvalue weighted by atomic mass is 9.98. The lowest BCUT2D eigenvalue weighted by molar-refractivity contribution is -0.142. The van der Waals surface area contributed by atoms with Crippen LogP contribution in [0.4, 0.5) is 5.69 Å². The Bertz CT molecular complexity index is 565. The summed E-state index contributed by atoms with van der Waals surface area (Å²) in [6.45, 7) is 1.71. The Morgan fingerprint density at radius 3 is 2.59 bits per heavy atom. The number of nitrogens with two attached hydrogens (primary N) is 1. The maximum Gasteiger partial charge on any atom is 0.343 e. The molecule has 6 nitrogen and oxygen atoms in total. The molecule has 6 heteroatoms. The summed E-state index contributed by atoms with van der Waals surface area (Å²) < 4.78 is 9.82. The predicted molar refractivity (Wildman–Crippen MR) is 82.7 cm³/mol. The second-order valence-electron chi connectivity index (χ2n) is 5.66. The minimum atomic E-state index is -0.757. The number of anilines is 1. The number of esters is 1. The minimum absolute atomic E-state index is 0.142. The molecule has 0 atom stereocenters. The monoisotopic (exact) mass is 306 g/mol. The van der Waals surface area contributed by atoms with E-state index < -0.39 is 11.5 Å². The van der Waals surface area contributed by atoms with E-state index in [1.165, 1.54) is 7.11 Å². The van der Waals surface area contributed by atoms with Gasteiger partial charge in [0.1, 0.15) is 5.75 Å². The van der Waals surface area contributed by atoms with Crippen LogP contribution >= 0.6 is 0 Å². The van der Waals surface area contributed by atoms with Gasteiger partial charge in [0.2, 0.25) is 5.91 Å². The van der Waals surface area contributed by atoms with Crippen molar-refractivity contribution in [2.45, 2.75) is 38.1 Å². The first-order valence-electron chi connectivity index (χ1n) is 7.35. The Morgan fingerprint density at radius 1 is 1.32 bits per heavy atom. The number of ether oxygens (including phenoxy) is 2. The van der Waals surface area contributed by atoms with E-state index in [-0.39, 0.29) is 12.5 Å². The van der Waals surface area contributed by atoms with Gasteiger partial charge in [0.05, 0.1) is 12.6 Å². The van der Waals surface area contributed by atoms with Crippen LogP contribution in [0.2, 0.25) is 0 Å². The Kier molecular flexibility index (Phi) is 5.03. The van der Waals surface area contributed by atoms with Crippen molar-refractivity contribution < 1.29 is 19.1 Å². The molecule has 1 saturated carbocycles. The number of methoxy groups -OCH3 is 1. The van der Waals surface area contributed by atoms with Crippen molar-refractivity contribution in [2.24, 2.45) is 5.73 Å². The quantitative estimate of drug-likeness (QED) is 0.809. The van der Waals surface area contributed by atoms with Crippen molar-refractivity contribution in [3.8, 4) is 5.75 Å². The van der Waals surface area contributed by atoms with Gasteiger partial charge in [0, 0.05) is 5.69 Å². The van der Waals surface area contributed by atoms with Crippen LogP contribution in [0.1, 0.15) is 31.2 Å². The Morgan fingerprint density at radius 2 is 2.00 bits per heavy atom. The number of benzene rings is 1. The van der Waals surface area contributed by atoms with Crippen molar-refractivity contribution in [2.75, 3.05) is 19.0 Å². The van der Waals surface area contributed by atoms with Gasteiger partial charge in [-0.25, -0.2) is 4.79 Å². The van der Waals surface area contributed by atoms with Gasteiger partial charge in [0.25, 0.3) is 0 Å². The topological polar surface area (TPSA) is 90.6 Å². The summed E-state index contributed by atoms with van der Waals surface area (Å²) in [5.41, 5.74) is 6.93. The highest BCUT2D eigenvalue weighted by Gasteiger charge is 2.37. The van der Waals surface area contributed by atoms with Crippen molar-refractivity contribution >= 4 is 17.6 Å². The van der Waals surface area contributed by atoms with E-state index in [9.17, 15) is 9.59 Å². The largest absolute Gasteiger partial charge is 0.482 e. The van der Waals surface area contributed by atoms with Crippen molar-refractivity contribution in [1.82, 2.24) is 0 Å². The Balaban J connectivity index is 2.00. The Hall–Kier alpha value is -2.08. The van der Waals surface area contributed by atoms with Gasteiger partial charge in [-0.05, 0) is 43.5 Å². The molecule has 0 unspecified atom stereocenters. The van der Waals surface area contributed by atoms with Crippen molar-refractivity contribution in [1.29, 1.82) is 0 Å². The van der Waals surface area contributed by atoms with Crippen LogP contribution in [0, 0.1) is 6.92 Å². The van der Waals surface area contributed by atoms with Crippen LogP contribution in [0.25, 0.3) is 0 Å². The minimum Gasteiger partial charge on any atom is -0.482 e. The van der Waals surface area contributed by atoms with Gasteiger partial charge >= 0.3 is 5.97 Å². The first-order valence-corrected chi connectivity index (χ1v) is 7.35. The SMILES string of the molecule is COC(=O)COc1ccc(NC(=O)C2(N)CCCC2)c(C)c1. The molecule has 0 spiro atoms. The summed E-state index contributed by atoms with van der Waals surface area (Å²) >= 11 is 0. The summed E-state index contributed by atoms with van der Waals surface area (Å²) in [5.74, 6) is -0.0399. The number of aryl methyl sites for hydroxylation is 1. The first-order chi connectivity index (χ1) is 10.4. The molecule has 22 heavy (non-hydrogen) atoms. The van der Waals surface area contributed by atoms with Crippen LogP contribution < -0.4 is 15.8 Å². The van der Waals surface area contributed by atoms with Crippen molar-refractivity contribution in [3.63, 3.8) is 0 Å². The highest BCUT2D eigenvalue weighted by atomic mass is 16.6. The molecule has 1 aromatic rings. The van der Waals surface area contributed by atoms with E-state index >= 15 is 0 Å². The lowest BCUT2D eigenvalue weighted by Crippen LogP contribution is -2.48. The third kappa shape index (κ3) is 3.76. The highest BCUT2D eigenvalue weighted by molar-refractivity contribution is 5.98. The average molecular weight is 306 g/mol. The van der Waals surface area contributed by atoms with Gasteiger partial charge in [0.15, 0.2) is 6.61 Å². The number of hydrogen-bond acceptors (Lipinski definition) is 5. The van der Waals surface area contributed by atoms with Gasteiger partial charge in [-0.1, -0.05) is 12.8 Å². The molecule has 1 fully saturated rings. The van der Waals surface area contributed by atoms with Crippen LogP contribution in [-0.2, 0) is 14.3 Å². The van der Waals surface area contributed by atoms with Crippen LogP contribution in [0.5, 0.6) is 5.75 Å². The molecule has 0 heterocycles. The van der Waals surface area contributed by atoms with E-state index in [1.807, 2.05) is 6.92 Å². The van der Waals surface area contributed by atoms with E-state index in [0.29, 0.717) is 11.4 Å². The molecule has 1 amide bonds. The lowest BCUT2D eigenvalue weighted by Gasteiger charge is -2.23. The molecule has 2 rings (SSSR count).